The minimum atomic E-state index is 0.622. The average Bonchev–Trinajstić information content (AvgIpc) is 3.54. The number of anilines is 1. The summed E-state index contributed by atoms with van der Waals surface area (Å²) in [7, 11) is 3.87. The smallest absolute Gasteiger partial charge is 0.228 e. The van der Waals surface area contributed by atoms with E-state index in [0.29, 0.717) is 17.6 Å². The first-order chi connectivity index (χ1) is 15.2. The summed E-state index contributed by atoms with van der Waals surface area (Å²) < 4.78 is 0. The van der Waals surface area contributed by atoms with Crippen LogP contribution < -0.4 is 15.5 Å². The van der Waals surface area contributed by atoms with Gasteiger partial charge in [0, 0.05) is 49.4 Å². The molecule has 2 aliphatic heterocycles. The van der Waals surface area contributed by atoms with Crippen molar-refractivity contribution in [3.8, 4) is 22.8 Å². The molecule has 5 rings (SSSR count). The minimum absolute atomic E-state index is 0.622. The van der Waals surface area contributed by atoms with Crippen LogP contribution in [0.2, 0.25) is 0 Å². The van der Waals surface area contributed by atoms with Crippen LogP contribution >= 0.6 is 0 Å². The molecule has 2 N–H and O–H groups in total. The van der Waals surface area contributed by atoms with Crippen LogP contribution in [0.3, 0.4) is 0 Å². The summed E-state index contributed by atoms with van der Waals surface area (Å²) in [5.41, 5.74) is 4.02. The van der Waals surface area contributed by atoms with Crippen molar-refractivity contribution in [2.24, 2.45) is 9.98 Å². The number of amidine groups is 2. The number of hydrogen-bond donors (Lipinski definition) is 2. The van der Waals surface area contributed by atoms with Crippen LogP contribution in [0.5, 0.6) is 0 Å². The number of hydrogen-bond acceptors (Lipinski definition) is 8. The molecule has 1 aromatic heterocycles. The van der Waals surface area contributed by atoms with Gasteiger partial charge in [-0.15, -0.1) is 0 Å². The van der Waals surface area contributed by atoms with E-state index in [1.54, 1.807) is 0 Å². The Bertz CT molecular complexity index is 1060. The highest BCUT2D eigenvalue weighted by Crippen LogP contribution is 2.23. The normalized spacial score (nSPS) is 15.2. The lowest BCUT2D eigenvalue weighted by Gasteiger charge is -2.13. The fraction of sp³-hybridized carbons (Fsp3) is 0.261. The van der Waals surface area contributed by atoms with Gasteiger partial charge in [0.25, 0.3) is 0 Å². The molecule has 0 saturated carbocycles. The first kappa shape index (κ1) is 19.2. The molecule has 0 aliphatic carbocycles. The third-order valence-corrected chi connectivity index (χ3v) is 5.21. The molecule has 0 radical (unpaired) electrons. The quantitative estimate of drug-likeness (QED) is 0.666. The molecule has 8 heteroatoms. The van der Waals surface area contributed by atoms with Crippen molar-refractivity contribution in [1.82, 2.24) is 25.6 Å². The average molecular weight is 413 g/mol. The Balaban J connectivity index is 1.49. The van der Waals surface area contributed by atoms with Gasteiger partial charge in [0.2, 0.25) is 5.95 Å². The zero-order valence-corrected chi connectivity index (χ0v) is 17.6. The zero-order valence-electron chi connectivity index (χ0n) is 17.6. The maximum Gasteiger partial charge on any atom is 0.228 e. The molecule has 3 heterocycles. The van der Waals surface area contributed by atoms with Crippen molar-refractivity contribution in [1.29, 1.82) is 0 Å². The molecule has 156 valence electrons. The minimum Gasteiger partial charge on any atom is -0.368 e. The third-order valence-electron chi connectivity index (χ3n) is 5.21. The molecule has 0 spiro atoms. The van der Waals surface area contributed by atoms with E-state index in [4.69, 9.17) is 4.98 Å². The maximum atomic E-state index is 4.77. The van der Waals surface area contributed by atoms with Crippen LogP contribution in [0, 0.1) is 0 Å². The van der Waals surface area contributed by atoms with Crippen molar-refractivity contribution in [2.45, 2.75) is 0 Å². The molecule has 3 aromatic rings. The fourth-order valence-corrected chi connectivity index (χ4v) is 3.56. The van der Waals surface area contributed by atoms with E-state index in [1.165, 1.54) is 0 Å². The molecule has 0 fully saturated rings. The molecular weight excluding hydrogens is 388 g/mol. The summed E-state index contributed by atoms with van der Waals surface area (Å²) in [4.78, 5) is 25.0. The van der Waals surface area contributed by atoms with Crippen LogP contribution in [0.1, 0.15) is 11.1 Å². The standard InChI is InChI=1S/C23H24N8/c1-31(2)23-29-21(17-7-3-15(4-8-17)19-24-11-12-25-19)28-22(30-23)18-9-5-16(6-10-18)20-26-13-14-27-20/h3-10H,11-14H2,1-2H3,(H,24,25)(H,26,27). The second-order valence-electron chi connectivity index (χ2n) is 7.65. The van der Waals surface area contributed by atoms with Crippen LogP contribution in [-0.2, 0) is 0 Å². The first-order valence-electron chi connectivity index (χ1n) is 10.4. The molecule has 0 atom stereocenters. The SMILES string of the molecule is CN(C)c1nc(-c2ccc(C3=NCCN3)cc2)nc(-c2ccc(C3=NCCN3)cc2)n1. The predicted octanol–water partition coefficient (Wildman–Crippen LogP) is 1.97. The Kier molecular flexibility index (Phi) is 5.03. The highest BCUT2D eigenvalue weighted by molar-refractivity contribution is 6.00. The molecule has 2 aromatic carbocycles. The van der Waals surface area contributed by atoms with Gasteiger partial charge in [0.1, 0.15) is 11.7 Å². The van der Waals surface area contributed by atoms with Crippen molar-refractivity contribution < 1.29 is 0 Å². The Labute approximate surface area is 181 Å². The van der Waals surface area contributed by atoms with Gasteiger partial charge >= 0.3 is 0 Å². The van der Waals surface area contributed by atoms with E-state index in [1.807, 2.05) is 43.3 Å². The summed E-state index contributed by atoms with van der Waals surface area (Å²) in [6.07, 6.45) is 0. The zero-order chi connectivity index (χ0) is 21.2. The summed E-state index contributed by atoms with van der Waals surface area (Å²) in [6, 6.07) is 16.3. The van der Waals surface area contributed by atoms with E-state index in [2.05, 4.69) is 54.9 Å². The molecule has 8 nitrogen and oxygen atoms in total. The number of nitrogens with one attached hydrogen (secondary N) is 2. The molecule has 0 saturated heterocycles. The summed E-state index contributed by atoms with van der Waals surface area (Å²) in [5, 5.41) is 6.60. The van der Waals surface area contributed by atoms with Gasteiger partial charge < -0.3 is 15.5 Å². The molecule has 31 heavy (non-hydrogen) atoms. The van der Waals surface area contributed by atoms with Gasteiger partial charge in [0.15, 0.2) is 11.6 Å². The monoisotopic (exact) mass is 412 g/mol. The number of aromatic nitrogens is 3. The Morgan fingerprint density at radius 3 is 1.39 bits per heavy atom. The number of benzene rings is 2. The second-order valence-corrected chi connectivity index (χ2v) is 7.65. The molecule has 0 amide bonds. The van der Waals surface area contributed by atoms with Gasteiger partial charge in [-0.1, -0.05) is 48.5 Å². The van der Waals surface area contributed by atoms with Gasteiger partial charge in [-0.25, -0.2) is 4.98 Å². The Hall–Kier alpha value is -3.81. The molecule has 0 unspecified atom stereocenters. The van der Waals surface area contributed by atoms with E-state index >= 15 is 0 Å². The first-order valence-corrected chi connectivity index (χ1v) is 10.4. The molecule has 0 bridgehead atoms. The highest BCUT2D eigenvalue weighted by Gasteiger charge is 2.14. The van der Waals surface area contributed by atoms with E-state index < -0.39 is 0 Å². The lowest BCUT2D eigenvalue weighted by atomic mass is 10.1. The van der Waals surface area contributed by atoms with E-state index in [-0.39, 0.29) is 0 Å². The lowest BCUT2D eigenvalue weighted by Crippen LogP contribution is -2.19. The van der Waals surface area contributed by atoms with E-state index in [9.17, 15) is 0 Å². The second kappa shape index (κ2) is 8.14. The summed E-state index contributed by atoms with van der Waals surface area (Å²) >= 11 is 0. The lowest BCUT2D eigenvalue weighted by molar-refractivity contribution is 0.959. The van der Waals surface area contributed by atoms with Crippen molar-refractivity contribution >= 4 is 17.6 Å². The number of nitrogens with zero attached hydrogens (tertiary/aromatic N) is 6. The van der Waals surface area contributed by atoms with Gasteiger partial charge in [-0.05, 0) is 0 Å². The highest BCUT2D eigenvalue weighted by atomic mass is 15.2. The van der Waals surface area contributed by atoms with Gasteiger partial charge in [-0.2, -0.15) is 9.97 Å². The fourth-order valence-electron chi connectivity index (χ4n) is 3.56. The Morgan fingerprint density at radius 1 is 0.613 bits per heavy atom. The molecule has 2 aliphatic rings. The molecular formula is C23H24N8. The van der Waals surface area contributed by atoms with Crippen LogP contribution in [-0.4, -0.2) is 66.9 Å². The predicted molar refractivity (Wildman–Crippen MR) is 124 cm³/mol. The summed E-state index contributed by atoms with van der Waals surface area (Å²) in [5.74, 6) is 3.80. The largest absolute Gasteiger partial charge is 0.368 e. The van der Waals surface area contributed by atoms with Crippen LogP contribution in [0.25, 0.3) is 22.8 Å². The number of rotatable bonds is 5. The van der Waals surface area contributed by atoms with Crippen molar-refractivity contribution in [2.75, 3.05) is 45.2 Å². The van der Waals surface area contributed by atoms with Crippen molar-refractivity contribution in [3.05, 3.63) is 59.7 Å². The summed E-state index contributed by atoms with van der Waals surface area (Å²) in [6.45, 7) is 3.43. The van der Waals surface area contributed by atoms with Crippen LogP contribution in [0.4, 0.5) is 5.95 Å². The van der Waals surface area contributed by atoms with Crippen LogP contribution in [0.15, 0.2) is 58.5 Å². The van der Waals surface area contributed by atoms with Gasteiger partial charge in [0.05, 0.1) is 13.1 Å². The topological polar surface area (TPSA) is 90.7 Å². The third kappa shape index (κ3) is 3.96. The van der Waals surface area contributed by atoms with E-state index in [0.717, 1.165) is 60.1 Å². The van der Waals surface area contributed by atoms with Crippen molar-refractivity contribution in [3.63, 3.8) is 0 Å². The Morgan fingerprint density at radius 2 is 1.03 bits per heavy atom. The number of aliphatic imine (C=N–C) groups is 2. The van der Waals surface area contributed by atoms with Gasteiger partial charge in [-0.3, -0.25) is 9.98 Å². The maximum absolute atomic E-state index is 4.77.